The minimum Gasteiger partial charge on any atom is -0.487 e. The van der Waals surface area contributed by atoms with Crippen LogP contribution < -0.4 is 4.74 Å². The van der Waals surface area contributed by atoms with Gasteiger partial charge in [0.2, 0.25) is 0 Å². The van der Waals surface area contributed by atoms with Crippen LogP contribution in [0.2, 0.25) is 0 Å². The number of benzene rings is 3. The van der Waals surface area contributed by atoms with Crippen molar-refractivity contribution in [2.24, 2.45) is 11.8 Å². The highest BCUT2D eigenvalue weighted by Crippen LogP contribution is 2.62. The van der Waals surface area contributed by atoms with Gasteiger partial charge >= 0.3 is 6.18 Å². The van der Waals surface area contributed by atoms with Crippen molar-refractivity contribution in [3.8, 4) is 17.6 Å². The van der Waals surface area contributed by atoms with Gasteiger partial charge in [0, 0.05) is 41.6 Å². The van der Waals surface area contributed by atoms with Crippen LogP contribution in [0.25, 0.3) is 0 Å². The van der Waals surface area contributed by atoms with Crippen LogP contribution in [-0.4, -0.2) is 58.6 Å². The normalized spacial score (nSPS) is 26.8. The van der Waals surface area contributed by atoms with E-state index >= 15 is 0 Å². The van der Waals surface area contributed by atoms with Crippen LogP contribution >= 0.6 is 0 Å². The van der Waals surface area contributed by atoms with E-state index in [0.717, 1.165) is 55.7 Å². The summed E-state index contributed by atoms with van der Waals surface area (Å²) < 4.78 is 46.0. The molecule has 3 aromatic carbocycles. The maximum absolute atomic E-state index is 13.9. The molecule has 0 aromatic heterocycles. The van der Waals surface area contributed by atoms with Crippen LogP contribution in [0.5, 0.6) is 5.75 Å². The van der Waals surface area contributed by atoms with Gasteiger partial charge in [-0.2, -0.15) is 13.2 Å². The fourth-order valence-electron chi connectivity index (χ4n) is 8.82. The van der Waals surface area contributed by atoms with Crippen LogP contribution in [0.1, 0.15) is 67.0 Å². The molecule has 1 saturated carbocycles. The zero-order chi connectivity index (χ0) is 32.2. The first kappa shape index (κ1) is 30.8. The number of amides is 1. The van der Waals surface area contributed by atoms with Crippen LogP contribution in [0, 0.1) is 23.7 Å². The lowest BCUT2D eigenvalue weighted by Gasteiger charge is -2.60. The highest BCUT2D eigenvalue weighted by atomic mass is 19.4. The monoisotopic (exact) mass is 628 g/mol. The Labute approximate surface area is 268 Å². The number of halogens is 3. The molecular formula is C38H39F3N2O3. The van der Waals surface area contributed by atoms with E-state index in [-0.39, 0.29) is 35.4 Å². The SMILES string of the molecule is CC(C)CN(C(=O)C#Cc1ccc(C(F)(F)F)cc1)[C@H]1CC[C@H]2[C@H]3Cc4cccc5c4[C@@]2(CCN3CC(O)c2ccccc2)[C@H]1O5. The number of nitrogens with zero attached hydrogens (tertiary/aromatic N) is 2. The zero-order valence-corrected chi connectivity index (χ0v) is 26.1. The van der Waals surface area contributed by atoms with Gasteiger partial charge in [-0.05, 0) is 85.5 Å². The molecule has 2 fully saturated rings. The molecule has 1 unspecified atom stereocenters. The van der Waals surface area contributed by atoms with Crippen LogP contribution in [0.4, 0.5) is 13.2 Å². The summed E-state index contributed by atoms with van der Waals surface area (Å²) in [5, 5.41) is 11.2. The topological polar surface area (TPSA) is 53.0 Å². The number of hydrogen-bond acceptors (Lipinski definition) is 4. The fraction of sp³-hybridized carbons (Fsp3) is 0.447. The molecule has 46 heavy (non-hydrogen) atoms. The van der Waals surface area contributed by atoms with E-state index in [9.17, 15) is 23.1 Å². The van der Waals surface area contributed by atoms with Crippen molar-refractivity contribution in [3.63, 3.8) is 0 Å². The fourth-order valence-corrected chi connectivity index (χ4v) is 8.82. The molecule has 7 rings (SSSR count). The van der Waals surface area contributed by atoms with Crippen molar-refractivity contribution in [1.29, 1.82) is 0 Å². The molecule has 1 amide bonds. The highest BCUT2D eigenvalue weighted by Gasteiger charge is 2.66. The Morgan fingerprint density at radius 1 is 1.07 bits per heavy atom. The lowest BCUT2D eigenvalue weighted by Crippen LogP contribution is -2.69. The van der Waals surface area contributed by atoms with Gasteiger partial charge in [0.15, 0.2) is 0 Å². The van der Waals surface area contributed by atoms with Gasteiger partial charge in [0.05, 0.1) is 17.7 Å². The molecule has 3 aromatic rings. The van der Waals surface area contributed by atoms with Crippen molar-refractivity contribution in [2.75, 3.05) is 19.6 Å². The number of alkyl halides is 3. The largest absolute Gasteiger partial charge is 0.487 e. The summed E-state index contributed by atoms with van der Waals surface area (Å²) in [4.78, 5) is 18.2. The second-order valence-corrected chi connectivity index (χ2v) is 13.7. The van der Waals surface area contributed by atoms with Crippen molar-refractivity contribution < 1.29 is 27.8 Å². The van der Waals surface area contributed by atoms with Crippen LogP contribution in [0.15, 0.2) is 72.8 Å². The highest BCUT2D eigenvalue weighted by molar-refractivity contribution is 5.94. The molecule has 1 spiro atoms. The number of piperidine rings is 1. The third kappa shape index (κ3) is 5.28. The van der Waals surface area contributed by atoms with Gasteiger partial charge in [-0.3, -0.25) is 9.69 Å². The Morgan fingerprint density at radius 3 is 2.54 bits per heavy atom. The molecule has 6 atom stereocenters. The molecule has 2 aliphatic carbocycles. The minimum atomic E-state index is -4.43. The second-order valence-electron chi connectivity index (χ2n) is 13.7. The number of rotatable bonds is 6. The standard InChI is InChI=1S/C38H39F3N2O3/c1-24(2)22-43(34(45)18-13-25-11-14-28(15-12-25)38(39,40)41)30-17-16-29-31-21-27-9-6-10-33-35(27)37(29,36(30)46-33)19-20-42(31)23-32(44)26-7-4-3-5-8-26/h3-12,14-15,24,29-32,36,44H,16-17,19-23H2,1-2H3/t29-,30-,31+,32?,36-,37-/m0/s1. The molecule has 0 radical (unpaired) electrons. The van der Waals surface area contributed by atoms with E-state index in [1.54, 1.807) is 0 Å². The summed E-state index contributed by atoms with van der Waals surface area (Å²) in [6.07, 6.45) is -1.74. The summed E-state index contributed by atoms with van der Waals surface area (Å²) in [7, 11) is 0. The molecule has 240 valence electrons. The summed E-state index contributed by atoms with van der Waals surface area (Å²) >= 11 is 0. The number of aliphatic hydroxyl groups is 1. The van der Waals surface area contributed by atoms with Gasteiger partial charge in [-0.15, -0.1) is 0 Å². The van der Waals surface area contributed by atoms with Crippen LogP contribution in [0.3, 0.4) is 0 Å². The minimum absolute atomic E-state index is 0.187. The third-order valence-corrected chi connectivity index (χ3v) is 10.6. The van der Waals surface area contributed by atoms with Gasteiger partial charge in [0.25, 0.3) is 5.91 Å². The Balaban J connectivity index is 1.19. The van der Waals surface area contributed by atoms with E-state index in [1.807, 2.05) is 35.2 Å². The Bertz CT molecular complexity index is 1660. The van der Waals surface area contributed by atoms with E-state index in [4.69, 9.17) is 4.74 Å². The Morgan fingerprint density at radius 2 is 1.83 bits per heavy atom. The molecule has 8 heteroatoms. The predicted octanol–water partition coefficient (Wildman–Crippen LogP) is 6.38. The average molecular weight is 629 g/mol. The number of carbonyl (C=O) groups is 1. The van der Waals surface area contributed by atoms with Gasteiger partial charge in [0.1, 0.15) is 11.9 Å². The van der Waals surface area contributed by atoms with Crippen molar-refractivity contribution in [1.82, 2.24) is 9.80 Å². The summed E-state index contributed by atoms with van der Waals surface area (Å²) in [6, 6.07) is 20.8. The quantitative estimate of drug-likeness (QED) is 0.322. The zero-order valence-electron chi connectivity index (χ0n) is 26.1. The maximum atomic E-state index is 13.9. The first-order valence-electron chi connectivity index (χ1n) is 16.3. The molecule has 4 aliphatic rings. The number of ether oxygens (including phenoxy) is 1. The number of aliphatic hydroxyl groups excluding tert-OH is 1. The lowest BCUT2D eigenvalue weighted by atomic mass is 9.51. The molecule has 5 nitrogen and oxygen atoms in total. The molecular weight excluding hydrogens is 589 g/mol. The molecule has 1 N–H and O–H groups in total. The van der Waals surface area contributed by atoms with E-state index in [1.165, 1.54) is 23.3 Å². The van der Waals surface area contributed by atoms with Crippen molar-refractivity contribution in [2.45, 2.75) is 75.4 Å². The van der Waals surface area contributed by atoms with Gasteiger partial charge in [-0.25, -0.2) is 0 Å². The molecule has 2 bridgehead atoms. The Hall–Kier alpha value is -3.80. The first-order chi connectivity index (χ1) is 22.1. The van der Waals surface area contributed by atoms with Crippen molar-refractivity contribution >= 4 is 5.91 Å². The number of likely N-dealkylation sites (tertiary alicyclic amines) is 1. The van der Waals surface area contributed by atoms with E-state index in [2.05, 4.69) is 48.8 Å². The van der Waals surface area contributed by atoms with E-state index in [0.29, 0.717) is 24.6 Å². The predicted molar refractivity (Wildman–Crippen MR) is 169 cm³/mol. The number of carbonyl (C=O) groups excluding carboxylic acids is 1. The summed E-state index contributed by atoms with van der Waals surface area (Å²) in [6.45, 7) is 6.06. The van der Waals surface area contributed by atoms with Gasteiger partial charge < -0.3 is 14.7 Å². The third-order valence-electron chi connectivity index (χ3n) is 10.6. The van der Waals surface area contributed by atoms with Crippen LogP contribution in [-0.2, 0) is 22.8 Å². The molecule has 1 saturated heterocycles. The molecule has 2 aliphatic heterocycles. The summed E-state index contributed by atoms with van der Waals surface area (Å²) in [5.74, 6) is 6.69. The van der Waals surface area contributed by atoms with Crippen molar-refractivity contribution in [3.05, 3.63) is 101 Å². The smallest absolute Gasteiger partial charge is 0.416 e. The number of hydrogen-bond donors (Lipinski definition) is 1. The average Bonchev–Trinajstić information content (AvgIpc) is 3.38. The van der Waals surface area contributed by atoms with E-state index < -0.39 is 17.8 Å². The summed E-state index contributed by atoms with van der Waals surface area (Å²) in [5.41, 5.74) is 2.91. The lowest BCUT2D eigenvalue weighted by molar-refractivity contribution is -0.138. The maximum Gasteiger partial charge on any atom is 0.416 e. The first-order valence-corrected chi connectivity index (χ1v) is 16.3. The second kappa shape index (κ2) is 11.8. The number of β-amino-alcohol motifs (C(OH)–C–C–N with tert-alkyl or cyclic N) is 1. The molecule has 2 heterocycles. The van der Waals surface area contributed by atoms with Gasteiger partial charge in [-0.1, -0.05) is 62.2 Å². The Kier molecular flexibility index (Phi) is 7.89.